The zero-order valence-electron chi connectivity index (χ0n) is 54.8. The Morgan fingerprint density at radius 1 is 0.564 bits per heavy atom. The van der Waals surface area contributed by atoms with Gasteiger partial charge in [-0.1, -0.05) is 11.6 Å². The molecule has 0 spiro atoms. The van der Waals surface area contributed by atoms with Gasteiger partial charge in [-0.05, 0) is 224 Å². The van der Waals surface area contributed by atoms with Crippen LogP contribution in [0.4, 0.5) is 24.2 Å². The number of piperidine rings is 4. The first-order valence-corrected chi connectivity index (χ1v) is 40.0. The van der Waals surface area contributed by atoms with Crippen LogP contribution in [0.25, 0.3) is 21.8 Å². The zero-order valence-corrected chi connectivity index (χ0v) is 59.6. The molecule has 4 aromatic rings. The van der Waals surface area contributed by atoms with Gasteiger partial charge in [-0.2, -0.15) is 0 Å². The van der Waals surface area contributed by atoms with Gasteiger partial charge in [0.1, 0.15) is 46.5 Å². The number of rotatable bonds is 15. The zero-order chi connectivity index (χ0) is 68.7. The second-order valence-corrected chi connectivity index (χ2v) is 36.8. The van der Waals surface area contributed by atoms with Crippen LogP contribution < -0.4 is 30.1 Å². The number of hydrogen-bond donors (Lipinski definition) is 5. The molecule has 4 aliphatic heterocycles. The minimum Gasteiger partial charge on any atom is -0.444 e. The van der Waals surface area contributed by atoms with Crippen LogP contribution in [0.5, 0.6) is 0 Å². The highest BCUT2D eigenvalue weighted by Crippen LogP contribution is 2.33. The number of benzene rings is 2. The fraction of sp³-hybridized carbons (Fsp3) is 0.710. The Balaban J connectivity index is 0.000000165. The third kappa shape index (κ3) is 26.4. The summed E-state index contributed by atoms with van der Waals surface area (Å²) in [7, 11) is -7.51. The maximum atomic E-state index is 13.6. The van der Waals surface area contributed by atoms with Crippen LogP contribution in [0.1, 0.15) is 144 Å². The van der Waals surface area contributed by atoms with Crippen molar-refractivity contribution in [3.05, 3.63) is 65.8 Å². The number of halogens is 4. The molecule has 4 atom stereocenters. The van der Waals surface area contributed by atoms with Crippen LogP contribution in [0.15, 0.2) is 49.1 Å². The lowest BCUT2D eigenvalue weighted by atomic mass is 9.98. The Bertz CT molecular complexity index is 3610. The normalized spacial score (nSPS) is 22.1. The first kappa shape index (κ1) is 76.9. The third-order valence-corrected chi connectivity index (χ3v) is 24.6. The number of likely N-dealkylation sites (tertiary alicyclic amines) is 2. The van der Waals surface area contributed by atoms with Crippen LogP contribution in [0.3, 0.4) is 0 Å². The molecule has 4 saturated carbocycles. The second kappa shape index (κ2) is 34.3. The summed E-state index contributed by atoms with van der Waals surface area (Å²) < 4.78 is 136. The monoisotopic (exact) mass is 1440 g/mol. The summed E-state index contributed by atoms with van der Waals surface area (Å²) in [6, 6.07) is 8.73. The fourth-order valence-corrected chi connectivity index (χ4v) is 16.6. The first-order valence-electron chi connectivity index (χ1n) is 32.6. The van der Waals surface area contributed by atoms with Crippen molar-refractivity contribution in [3.8, 4) is 0 Å². The molecule has 2 amide bonds. The van der Waals surface area contributed by atoms with E-state index < -0.39 is 50.3 Å². The van der Waals surface area contributed by atoms with E-state index >= 15 is 0 Å². The molecular formula is C62H96Cl2F2N12O12S4. The predicted molar refractivity (Wildman–Crippen MR) is 362 cm³/mol. The summed E-state index contributed by atoms with van der Waals surface area (Å²) in [5.74, 6) is 1.39. The number of fused-ring (bicyclic) bond motifs is 2. The summed E-state index contributed by atoms with van der Waals surface area (Å²) in [5, 5.41) is 4.11. The molecule has 8 fully saturated rings. The predicted octanol–water partition coefficient (Wildman–Crippen LogP) is 8.58. The largest absolute Gasteiger partial charge is 0.444 e. The van der Waals surface area contributed by atoms with Crippen molar-refractivity contribution < 1.29 is 61.5 Å². The van der Waals surface area contributed by atoms with Gasteiger partial charge in [0.15, 0.2) is 0 Å². The van der Waals surface area contributed by atoms with Crippen molar-refractivity contribution in [2.75, 3.05) is 83.4 Å². The number of nitrogens with one attached hydrogen (secondary N) is 4. The van der Waals surface area contributed by atoms with Crippen molar-refractivity contribution in [1.82, 2.24) is 49.2 Å². The molecule has 12 rings (SSSR count). The van der Waals surface area contributed by atoms with Crippen LogP contribution in [-0.4, -0.2) is 186 Å². The average molecular weight is 1440 g/mol. The molecule has 2 aromatic heterocycles. The maximum Gasteiger partial charge on any atom is 0.410 e. The summed E-state index contributed by atoms with van der Waals surface area (Å²) in [6.07, 6.45) is 16.8. The Labute approximate surface area is 563 Å². The van der Waals surface area contributed by atoms with Gasteiger partial charge >= 0.3 is 12.2 Å². The molecule has 4 unspecified atom stereocenters. The molecule has 4 aliphatic carbocycles. The Kier molecular flexibility index (Phi) is 28.1. The summed E-state index contributed by atoms with van der Waals surface area (Å²) in [6.45, 7) is 19.7. The van der Waals surface area contributed by atoms with E-state index in [1.807, 2.05) is 41.5 Å². The van der Waals surface area contributed by atoms with Gasteiger partial charge in [-0.3, -0.25) is 0 Å². The van der Waals surface area contributed by atoms with Gasteiger partial charge in [0.25, 0.3) is 0 Å². The van der Waals surface area contributed by atoms with Crippen molar-refractivity contribution in [3.63, 3.8) is 0 Å². The molecule has 528 valence electrons. The Morgan fingerprint density at radius 3 is 1.41 bits per heavy atom. The number of ether oxygens (including phenoxy) is 2. The number of carbonyl (C=O) groups excluding carboxylic acids is 2. The number of anilines is 1. The van der Waals surface area contributed by atoms with Gasteiger partial charge in [0.05, 0.1) is 32.0 Å². The molecule has 6 heterocycles. The van der Waals surface area contributed by atoms with Crippen LogP contribution in [0, 0.1) is 35.3 Å². The van der Waals surface area contributed by atoms with Gasteiger partial charge in [0, 0.05) is 80.4 Å². The summed E-state index contributed by atoms with van der Waals surface area (Å²) >= 11 is 5.71. The van der Waals surface area contributed by atoms with E-state index in [2.05, 4.69) is 44.3 Å². The maximum absolute atomic E-state index is 13.6. The van der Waals surface area contributed by atoms with Gasteiger partial charge in [0.2, 0.25) is 39.1 Å². The van der Waals surface area contributed by atoms with Gasteiger partial charge in [-0.25, -0.2) is 86.1 Å². The van der Waals surface area contributed by atoms with E-state index in [9.17, 15) is 52.0 Å². The molecule has 94 heavy (non-hydrogen) atoms. The molecular weight excluding hydrogens is 1340 g/mol. The van der Waals surface area contributed by atoms with E-state index in [0.717, 1.165) is 141 Å². The summed E-state index contributed by atoms with van der Waals surface area (Å²) in [5.41, 5.74) is 6.06. The van der Waals surface area contributed by atoms with Crippen LogP contribution in [0.2, 0.25) is 5.15 Å². The smallest absolute Gasteiger partial charge is 0.410 e. The highest BCUT2D eigenvalue weighted by Gasteiger charge is 2.39. The third-order valence-electron chi connectivity index (χ3n) is 16.5. The van der Waals surface area contributed by atoms with Crippen LogP contribution >= 0.6 is 22.3 Å². The SMILES string of the molecule is CC(C)(C)OC(=O)N1CCCC(CN)C1.CC(C)(C)OC(=O)N1CCCC(CNS(=O)(=O)C2CC2)C1.Fc1ccc2ncnc(Cl)c2c1.O=S(=O)(Cl)C1CC1.O=S(=O)(NCC1CCCN(c2ncnc3ccc(F)cc23)C1)C1CC1.O=S(=O)(NCC1CCCNC1)C1CC1. The van der Waals surface area contributed by atoms with E-state index in [1.165, 1.54) is 36.9 Å². The van der Waals surface area contributed by atoms with E-state index in [4.69, 9.17) is 37.5 Å². The van der Waals surface area contributed by atoms with Crippen molar-refractivity contribution in [2.45, 2.75) is 176 Å². The molecule has 6 N–H and O–H groups in total. The Hall–Kier alpha value is -4.50. The number of hydrogen-bond acceptors (Lipinski definition) is 19. The summed E-state index contributed by atoms with van der Waals surface area (Å²) in [4.78, 5) is 45.6. The molecule has 2 aromatic carbocycles. The fourth-order valence-electron chi connectivity index (χ4n) is 10.8. The highest BCUT2D eigenvalue weighted by molar-refractivity contribution is 8.14. The molecule has 8 aliphatic rings. The standard InChI is InChI=1S/C17H21FN4O2S.C14H26N2O4S.C11H22N2O2.C9H18N2O2S.C8H4ClFN2.C3H5ClO2S/c18-13-3-6-16-15(8-13)17(20-11-19-16)22-7-1-2-12(10-22)9-21-25(23,24)14-4-5-14;1-14(2,3)20-13(17)16-8-4-5-11(10-16)9-15-21(18,19)12-6-7-12;1-11(2,3)15-10(14)13-6-4-5-9(7-12)8-13;12-14(13,9-3-4-9)11-7-8-2-1-5-10-6-8;9-8-6-3-5(10)1-2-7(6)11-4-12-8;4-7(5,6)3-1-2-3/h3,6,8,11-12,14,21H,1-2,4-5,7,9-10H2;11-12,15H,4-10H2,1-3H3;9H,4-8,12H2,1-3H3;8-11H,1-7H2;1-4H;3H,1-2H2. The number of nitrogens with zero attached hydrogens (tertiary/aromatic N) is 7. The van der Waals surface area contributed by atoms with E-state index in [1.54, 1.807) is 21.9 Å². The van der Waals surface area contributed by atoms with Gasteiger partial charge < -0.3 is 35.2 Å². The number of nitrogens with two attached hydrogens (primary N) is 1. The minimum absolute atomic E-state index is 0.0842. The lowest BCUT2D eigenvalue weighted by Gasteiger charge is -2.34. The lowest BCUT2D eigenvalue weighted by Crippen LogP contribution is -2.45. The quantitative estimate of drug-likeness (QED) is 0.0549. The highest BCUT2D eigenvalue weighted by atomic mass is 35.7. The molecule has 0 radical (unpaired) electrons. The molecule has 4 saturated heterocycles. The number of amides is 2. The van der Waals surface area contributed by atoms with Crippen LogP contribution in [-0.2, 0) is 48.6 Å². The lowest BCUT2D eigenvalue weighted by molar-refractivity contribution is 0.0160. The number of aromatic nitrogens is 4. The minimum atomic E-state index is -3.16. The van der Waals surface area contributed by atoms with E-state index in [0.29, 0.717) is 79.5 Å². The molecule has 32 heteroatoms. The second-order valence-electron chi connectivity index (χ2n) is 27.4. The number of carbonyl (C=O) groups is 2. The van der Waals surface area contributed by atoms with Gasteiger partial charge in [-0.15, -0.1) is 0 Å². The van der Waals surface area contributed by atoms with Crippen molar-refractivity contribution in [1.29, 1.82) is 0 Å². The molecule has 24 nitrogen and oxygen atoms in total. The average Bonchev–Trinajstić information content (AvgIpc) is 1.16. The van der Waals surface area contributed by atoms with E-state index in [-0.39, 0.29) is 61.8 Å². The van der Waals surface area contributed by atoms with Crippen molar-refractivity contribution >= 4 is 101 Å². The topological polar surface area (TPSA) is 325 Å². The first-order chi connectivity index (χ1) is 44.2. The number of sulfonamides is 3. The Morgan fingerprint density at radius 2 is 0.979 bits per heavy atom. The molecule has 0 bridgehead atoms. The van der Waals surface area contributed by atoms with Crippen molar-refractivity contribution in [2.24, 2.45) is 29.4 Å².